The van der Waals surface area contributed by atoms with Crippen molar-refractivity contribution in [3.05, 3.63) is 83.4 Å². The quantitative estimate of drug-likeness (QED) is 0.201. The fraction of sp³-hybridized carbons (Fsp3) is 0.154. The molecule has 0 saturated carbocycles. The van der Waals surface area contributed by atoms with Crippen LogP contribution in [0.2, 0.25) is 0 Å². The van der Waals surface area contributed by atoms with Crippen LogP contribution in [-0.2, 0) is 0 Å². The van der Waals surface area contributed by atoms with Gasteiger partial charge in [0, 0.05) is 12.1 Å². The molecule has 0 saturated heterocycles. The second-order valence-electron chi connectivity index (χ2n) is 6.79. The fourth-order valence-electron chi connectivity index (χ4n) is 3.02. The number of benzene rings is 3. The number of carbonyl (C=O) groups is 2. The molecule has 3 aromatic carbocycles. The van der Waals surface area contributed by atoms with Gasteiger partial charge in [-0.15, -0.1) is 0 Å². The highest BCUT2D eigenvalue weighted by atomic mass is 16.5. The zero-order chi connectivity index (χ0) is 23.8. The molecule has 0 aliphatic heterocycles. The van der Waals surface area contributed by atoms with Gasteiger partial charge in [0.25, 0.3) is 0 Å². The van der Waals surface area contributed by atoms with Gasteiger partial charge in [-0.1, -0.05) is 18.2 Å². The standard InChI is InChI=1S/C26H24O7/c1-29-19-10-5-17(6-11-19)7-14-22(27)25-23(32-4)15-21(31-3)16-24(25)33-26(28)18-8-12-20(30-2)13-9-18/h5-16H,1-4H3/b14-7+. The van der Waals surface area contributed by atoms with Gasteiger partial charge in [-0.25, -0.2) is 4.79 Å². The largest absolute Gasteiger partial charge is 0.497 e. The number of ketones is 1. The van der Waals surface area contributed by atoms with Gasteiger partial charge in [0.2, 0.25) is 0 Å². The summed E-state index contributed by atoms with van der Waals surface area (Å²) in [6.07, 6.45) is 3.04. The third kappa shape index (κ3) is 5.71. The van der Waals surface area contributed by atoms with Crippen molar-refractivity contribution < 1.29 is 33.3 Å². The number of ether oxygens (including phenoxy) is 5. The Labute approximate surface area is 192 Å². The highest BCUT2D eigenvalue weighted by molar-refractivity contribution is 6.11. The number of hydrogen-bond donors (Lipinski definition) is 0. The Balaban J connectivity index is 1.93. The van der Waals surface area contributed by atoms with Crippen LogP contribution in [0.5, 0.6) is 28.7 Å². The molecular weight excluding hydrogens is 424 g/mol. The molecule has 0 amide bonds. The molecule has 0 aliphatic carbocycles. The molecule has 0 atom stereocenters. The van der Waals surface area contributed by atoms with Crippen LogP contribution in [0.4, 0.5) is 0 Å². The first-order valence-corrected chi connectivity index (χ1v) is 9.97. The van der Waals surface area contributed by atoms with Crippen molar-refractivity contribution in [2.24, 2.45) is 0 Å². The fourth-order valence-corrected chi connectivity index (χ4v) is 3.02. The SMILES string of the molecule is COc1ccc(/C=C/C(=O)c2c(OC)cc(OC)cc2OC(=O)c2ccc(OC)cc2)cc1. The third-order valence-electron chi connectivity index (χ3n) is 4.81. The Morgan fingerprint density at radius 2 is 1.21 bits per heavy atom. The molecule has 7 heteroatoms. The zero-order valence-electron chi connectivity index (χ0n) is 18.8. The summed E-state index contributed by atoms with van der Waals surface area (Å²) in [6.45, 7) is 0. The number of esters is 1. The van der Waals surface area contributed by atoms with E-state index in [4.69, 9.17) is 23.7 Å². The van der Waals surface area contributed by atoms with Crippen LogP contribution in [-0.4, -0.2) is 40.2 Å². The van der Waals surface area contributed by atoms with Crippen molar-refractivity contribution in [1.29, 1.82) is 0 Å². The normalized spacial score (nSPS) is 10.5. The van der Waals surface area contributed by atoms with Gasteiger partial charge < -0.3 is 23.7 Å². The summed E-state index contributed by atoms with van der Waals surface area (Å²) in [5.41, 5.74) is 1.20. The Hall–Kier alpha value is -4.26. The van der Waals surface area contributed by atoms with Crippen LogP contribution in [0.25, 0.3) is 6.08 Å². The van der Waals surface area contributed by atoms with Crippen LogP contribution >= 0.6 is 0 Å². The van der Waals surface area contributed by atoms with E-state index in [9.17, 15) is 9.59 Å². The molecule has 0 heterocycles. The molecule has 0 spiro atoms. The van der Waals surface area contributed by atoms with Crippen LogP contribution in [0, 0.1) is 0 Å². The molecule has 7 nitrogen and oxygen atoms in total. The van der Waals surface area contributed by atoms with Gasteiger partial charge in [-0.2, -0.15) is 0 Å². The Morgan fingerprint density at radius 3 is 1.76 bits per heavy atom. The van der Waals surface area contributed by atoms with Crippen LogP contribution in [0.1, 0.15) is 26.3 Å². The lowest BCUT2D eigenvalue weighted by atomic mass is 10.1. The van der Waals surface area contributed by atoms with Gasteiger partial charge in [-0.05, 0) is 48.0 Å². The minimum atomic E-state index is -0.638. The van der Waals surface area contributed by atoms with Gasteiger partial charge in [0.15, 0.2) is 5.78 Å². The van der Waals surface area contributed by atoms with E-state index in [2.05, 4.69) is 0 Å². The van der Waals surface area contributed by atoms with E-state index in [1.54, 1.807) is 55.7 Å². The van der Waals surface area contributed by atoms with E-state index >= 15 is 0 Å². The highest BCUT2D eigenvalue weighted by Crippen LogP contribution is 2.35. The molecular formula is C26H24O7. The Morgan fingerprint density at radius 1 is 0.667 bits per heavy atom. The number of allylic oxidation sites excluding steroid dienone is 1. The summed E-state index contributed by atoms with van der Waals surface area (Å²) in [4.78, 5) is 25.8. The second-order valence-corrected chi connectivity index (χ2v) is 6.79. The van der Waals surface area contributed by atoms with E-state index in [0.717, 1.165) is 5.56 Å². The molecule has 0 fully saturated rings. The summed E-state index contributed by atoms with van der Waals surface area (Å²) >= 11 is 0. The van der Waals surface area contributed by atoms with Crippen molar-refractivity contribution in [3.8, 4) is 28.7 Å². The van der Waals surface area contributed by atoms with Crippen LogP contribution < -0.4 is 23.7 Å². The lowest BCUT2D eigenvalue weighted by Gasteiger charge is -2.14. The first kappa shape index (κ1) is 23.4. The summed E-state index contributed by atoms with van der Waals surface area (Å²) < 4.78 is 26.5. The molecule has 3 aromatic rings. The van der Waals surface area contributed by atoms with Crippen LogP contribution in [0.3, 0.4) is 0 Å². The predicted molar refractivity (Wildman–Crippen MR) is 124 cm³/mol. The molecule has 33 heavy (non-hydrogen) atoms. The lowest BCUT2D eigenvalue weighted by molar-refractivity contribution is 0.0732. The molecule has 0 aliphatic rings. The van der Waals surface area contributed by atoms with Crippen molar-refractivity contribution >= 4 is 17.8 Å². The Kier molecular flexibility index (Phi) is 7.70. The maximum Gasteiger partial charge on any atom is 0.343 e. The molecule has 0 radical (unpaired) electrons. The van der Waals surface area contributed by atoms with Crippen LogP contribution in [0.15, 0.2) is 66.7 Å². The average molecular weight is 448 g/mol. The predicted octanol–water partition coefficient (Wildman–Crippen LogP) is 4.84. The maximum atomic E-state index is 13.1. The minimum absolute atomic E-state index is 0.0244. The summed E-state index contributed by atoms with van der Waals surface area (Å²) in [5, 5.41) is 0. The number of hydrogen-bond acceptors (Lipinski definition) is 7. The maximum absolute atomic E-state index is 13.1. The van der Waals surface area contributed by atoms with Gasteiger partial charge in [-0.3, -0.25) is 4.79 Å². The molecule has 170 valence electrons. The van der Waals surface area contributed by atoms with Crippen molar-refractivity contribution in [3.63, 3.8) is 0 Å². The van der Waals surface area contributed by atoms with Crippen molar-refractivity contribution in [1.82, 2.24) is 0 Å². The zero-order valence-corrected chi connectivity index (χ0v) is 18.8. The molecule has 0 aromatic heterocycles. The van der Waals surface area contributed by atoms with Crippen molar-refractivity contribution in [2.45, 2.75) is 0 Å². The second kappa shape index (κ2) is 10.9. The third-order valence-corrected chi connectivity index (χ3v) is 4.81. The number of rotatable bonds is 9. The summed E-state index contributed by atoms with van der Waals surface area (Å²) in [5.74, 6) is 0.897. The highest BCUT2D eigenvalue weighted by Gasteiger charge is 2.22. The van der Waals surface area contributed by atoms with E-state index in [1.165, 1.54) is 33.5 Å². The first-order valence-electron chi connectivity index (χ1n) is 9.97. The summed E-state index contributed by atoms with van der Waals surface area (Å²) in [6, 6.07) is 16.7. The van der Waals surface area contributed by atoms with Gasteiger partial charge in [0.05, 0.1) is 34.0 Å². The first-order chi connectivity index (χ1) is 16.0. The van der Waals surface area contributed by atoms with Gasteiger partial charge >= 0.3 is 5.97 Å². The van der Waals surface area contributed by atoms with E-state index < -0.39 is 11.8 Å². The topological polar surface area (TPSA) is 80.3 Å². The molecule has 0 bridgehead atoms. The number of methoxy groups -OCH3 is 4. The average Bonchev–Trinajstić information content (AvgIpc) is 2.86. The van der Waals surface area contributed by atoms with E-state index in [0.29, 0.717) is 22.8 Å². The molecule has 3 rings (SSSR count). The smallest absolute Gasteiger partial charge is 0.343 e. The minimum Gasteiger partial charge on any atom is -0.497 e. The number of carbonyl (C=O) groups excluding carboxylic acids is 2. The van der Waals surface area contributed by atoms with Crippen molar-refractivity contribution in [2.75, 3.05) is 28.4 Å². The molecule has 0 N–H and O–H groups in total. The van der Waals surface area contributed by atoms with E-state index in [-0.39, 0.29) is 17.1 Å². The monoisotopic (exact) mass is 448 g/mol. The van der Waals surface area contributed by atoms with Gasteiger partial charge in [0.1, 0.15) is 34.3 Å². The summed E-state index contributed by atoms with van der Waals surface area (Å²) in [7, 11) is 6.01. The van der Waals surface area contributed by atoms with E-state index in [1.807, 2.05) is 12.1 Å². The molecule has 0 unspecified atom stereocenters. The Bertz CT molecular complexity index is 1150. The lowest BCUT2D eigenvalue weighted by Crippen LogP contribution is -2.12.